The van der Waals surface area contributed by atoms with Crippen molar-refractivity contribution in [2.75, 3.05) is 12.3 Å². The minimum absolute atomic E-state index is 0.0866. The fraction of sp³-hybridized carbons (Fsp3) is 0.455. The molecule has 110 valence electrons. The summed E-state index contributed by atoms with van der Waals surface area (Å²) in [5.41, 5.74) is 5.52. The zero-order valence-electron chi connectivity index (χ0n) is 10.2. The third kappa shape index (κ3) is 2.82. The molecular weight excluding hydrogens is 398 g/mol. The smallest absolute Gasteiger partial charge is 0.351 e. The first-order valence-electron chi connectivity index (χ1n) is 5.73. The van der Waals surface area contributed by atoms with Crippen molar-refractivity contribution in [3.8, 4) is 0 Å². The molecule has 1 aromatic heterocycles. The molecule has 1 saturated heterocycles. The molecule has 0 spiro atoms. The van der Waals surface area contributed by atoms with E-state index in [2.05, 4.69) is 36.8 Å². The van der Waals surface area contributed by atoms with Crippen LogP contribution in [0.3, 0.4) is 0 Å². The van der Waals surface area contributed by atoms with E-state index in [1.807, 2.05) is 0 Å². The van der Waals surface area contributed by atoms with Crippen LogP contribution in [0.5, 0.6) is 0 Å². The molecule has 1 fully saturated rings. The largest absolute Gasteiger partial charge is 0.394 e. The van der Waals surface area contributed by atoms with E-state index >= 15 is 0 Å². The second-order valence-electron chi connectivity index (χ2n) is 4.25. The highest BCUT2D eigenvalue weighted by molar-refractivity contribution is 9.11. The summed E-state index contributed by atoms with van der Waals surface area (Å²) in [5, 5.41) is 19.3. The van der Waals surface area contributed by atoms with Crippen LogP contribution in [0.25, 0.3) is 6.08 Å². The van der Waals surface area contributed by atoms with Crippen LogP contribution >= 0.6 is 31.9 Å². The van der Waals surface area contributed by atoms with Gasteiger partial charge in [-0.3, -0.25) is 4.57 Å². The Balaban J connectivity index is 2.43. The lowest BCUT2D eigenvalue weighted by molar-refractivity contribution is -0.0529. The van der Waals surface area contributed by atoms with Crippen molar-refractivity contribution >= 4 is 43.8 Å². The molecule has 1 aliphatic rings. The van der Waals surface area contributed by atoms with Crippen molar-refractivity contribution in [1.82, 2.24) is 9.55 Å². The van der Waals surface area contributed by atoms with E-state index in [4.69, 9.17) is 15.6 Å². The van der Waals surface area contributed by atoms with Crippen molar-refractivity contribution in [2.45, 2.75) is 23.3 Å². The van der Waals surface area contributed by atoms with Gasteiger partial charge in [-0.25, -0.2) is 4.79 Å². The number of halogens is 2. The average Bonchev–Trinajstić information content (AvgIpc) is 2.70. The highest BCUT2D eigenvalue weighted by atomic mass is 79.9. The van der Waals surface area contributed by atoms with Crippen LogP contribution in [0.4, 0.5) is 5.82 Å². The average molecular weight is 411 g/mol. The van der Waals surface area contributed by atoms with Gasteiger partial charge in [0.05, 0.1) is 17.5 Å². The number of nitrogen functional groups attached to an aromatic ring is 1. The molecule has 1 aromatic rings. The molecule has 4 N–H and O–H groups in total. The van der Waals surface area contributed by atoms with Gasteiger partial charge in [0.1, 0.15) is 11.9 Å². The summed E-state index contributed by atoms with van der Waals surface area (Å²) < 4.78 is 6.63. The van der Waals surface area contributed by atoms with Gasteiger partial charge in [-0.2, -0.15) is 4.98 Å². The Morgan fingerprint density at radius 3 is 2.85 bits per heavy atom. The van der Waals surface area contributed by atoms with Crippen molar-refractivity contribution in [2.24, 2.45) is 0 Å². The quantitative estimate of drug-likeness (QED) is 0.614. The predicted octanol–water partition coefficient (Wildman–Crippen LogP) is 0.205. The molecule has 2 rings (SSSR count). The fourth-order valence-electron chi connectivity index (χ4n) is 1.96. The van der Waals surface area contributed by atoms with Gasteiger partial charge in [0.15, 0.2) is 6.23 Å². The number of hydrogen-bond donors (Lipinski definition) is 3. The predicted molar refractivity (Wildman–Crippen MR) is 80.6 cm³/mol. The summed E-state index contributed by atoms with van der Waals surface area (Å²) in [6, 6.07) is 0. The number of hydrogen-bond acceptors (Lipinski definition) is 6. The SMILES string of the molecule is Nc1nc(=O)n([C@@H]2O[C@H](CO)[C@H](Br)[C@H]2O)cc1C=CBr. The van der Waals surface area contributed by atoms with Gasteiger partial charge >= 0.3 is 5.69 Å². The Bertz CT molecular complexity index is 577. The number of aliphatic hydroxyl groups excluding tert-OH is 2. The number of anilines is 1. The third-order valence-electron chi connectivity index (χ3n) is 3.00. The maximum absolute atomic E-state index is 11.9. The maximum atomic E-state index is 11.9. The highest BCUT2D eigenvalue weighted by Gasteiger charge is 2.43. The third-order valence-corrected chi connectivity index (χ3v) is 4.39. The number of rotatable bonds is 3. The molecule has 9 heteroatoms. The van der Waals surface area contributed by atoms with Gasteiger partial charge in [0.2, 0.25) is 0 Å². The van der Waals surface area contributed by atoms with E-state index in [-0.39, 0.29) is 12.4 Å². The summed E-state index contributed by atoms with van der Waals surface area (Å²) in [6.07, 6.45) is 0.551. The van der Waals surface area contributed by atoms with Gasteiger partial charge in [0.25, 0.3) is 0 Å². The molecule has 1 aliphatic heterocycles. The number of aromatic nitrogens is 2. The highest BCUT2D eigenvalue weighted by Crippen LogP contribution is 2.33. The van der Waals surface area contributed by atoms with Crippen molar-refractivity contribution in [1.29, 1.82) is 0 Å². The van der Waals surface area contributed by atoms with Crippen molar-refractivity contribution < 1.29 is 14.9 Å². The minimum Gasteiger partial charge on any atom is -0.394 e. The van der Waals surface area contributed by atoms with Crippen LogP contribution in [-0.2, 0) is 4.74 Å². The number of nitrogens with zero attached hydrogens (tertiary/aromatic N) is 2. The number of nitrogens with two attached hydrogens (primary N) is 1. The number of aliphatic hydroxyl groups is 2. The molecule has 0 unspecified atom stereocenters. The fourth-order valence-corrected chi connectivity index (χ4v) is 2.80. The normalized spacial score (nSPS) is 30.2. The molecule has 0 bridgehead atoms. The number of ether oxygens (including phenoxy) is 1. The van der Waals surface area contributed by atoms with Crippen LogP contribution in [-0.4, -0.2) is 43.4 Å². The Kier molecular flexibility index (Phi) is 4.97. The first-order valence-corrected chi connectivity index (χ1v) is 7.56. The maximum Gasteiger partial charge on any atom is 0.351 e. The summed E-state index contributed by atoms with van der Waals surface area (Å²) in [4.78, 5) is 16.7. The van der Waals surface area contributed by atoms with Gasteiger partial charge in [-0.15, -0.1) is 0 Å². The molecule has 0 aromatic carbocycles. The van der Waals surface area contributed by atoms with E-state index in [1.54, 1.807) is 11.1 Å². The van der Waals surface area contributed by atoms with Crippen LogP contribution < -0.4 is 11.4 Å². The summed E-state index contributed by atoms with van der Waals surface area (Å²) in [6.45, 7) is -0.269. The first-order chi connectivity index (χ1) is 9.49. The Morgan fingerprint density at radius 1 is 1.60 bits per heavy atom. The molecule has 0 amide bonds. The van der Waals surface area contributed by atoms with E-state index in [1.165, 1.54) is 6.20 Å². The minimum atomic E-state index is -0.990. The molecule has 20 heavy (non-hydrogen) atoms. The summed E-state index contributed by atoms with van der Waals surface area (Å²) in [5.74, 6) is 0.0866. The van der Waals surface area contributed by atoms with Crippen molar-refractivity contribution in [3.63, 3.8) is 0 Å². The summed E-state index contributed by atoms with van der Waals surface area (Å²) >= 11 is 6.36. The lowest BCUT2D eigenvalue weighted by Gasteiger charge is -2.18. The second-order valence-corrected chi connectivity index (χ2v) is 5.83. The van der Waals surface area contributed by atoms with Gasteiger partial charge in [0, 0.05) is 11.8 Å². The second kappa shape index (κ2) is 6.35. The van der Waals surface area contributed by atoms with Crippen LogP contribution in [0.2, 0.25) is 0 Å². The Morgan fingerprint density at radius 2 is 2.30 bits per heavy atom. The van der Waals surface area contributed by atoms with Gasteiger partial charge in [-0.1, -0.05) is 31.9 Å². The van der Waals surface area contributed by atoms with Crippen molar-refractivity contribution in [3.05, 3.63) is 27.2 Å². The lowest BCUT2D eigenvalue weighted by Crippen LogP contribution is -2.34. The van der Waals surface area contributed by atoms with Crippen LogP contribution in [0, 0.1) is 0 Å². The Labute approximate surface area is 131 Å². The van der Waals surface area contributed by atoms with Crippen LogP contribution in [0.1, 0.15) is 11.8 Å². The van der Waals surface area contributed by atoms with E-state index in [0.29, 0.717) is 5.56 Å². The topological polar surface area (TPSA) is 111 Å². The molecule has 4 atom stereocenters. The van der Waals surface area contributed by atoms with Crippen LogP contribution in [0.15, 0.2) is 16.0 Å². The number of alkyl halides is 1. The van der Waals surface area contributed by atoms with E-state index in [0.717, 1.165) is 4.57 Å². The zero-order valence-corrected chi connectivity index (χ0v) is 13.4. The molecule has 0 radical (unpaired) electrons. The monoisotopic (exact) mass is 409 g/mol. The first kappa shape index (κ1) is 15.6. The molecule has 0 aliphatic carbocycles. The standard InChI is InChI=1S/C11H13Br2N3O4/c12-2-1-5-3-16(11(19)15-9(5)14)10-8(18)7(13)6(4-17)20-10/h1-3,6-8,10,17-18H,4H2,(H2,14,15,19)/t6-,7+,8-,10-/m1/s1. The van der Waals surface area contributed by atoms with E-state index < -0.39 is 29.0 Å². The van der Waals surface area contributed by atoms with E-state index in [9.17, 15) is 9.90 Å². The molecule has 7 nitrogen and oxygen atoms in total. The zero-order chi connectivity index (χ0) is 14.9. The summed E-state index contributed by atoms with van der Waals surface area (Å²) in [7, 11) is 0. The lowest BCUT2D eigenvalue weighted by atomic mass is 10.2. The van der Waals surface area contributed by atoms with Gasteiger partial charge < -0.3 is 20.7 Å². The molecular formula is C11H13Br2N3O4. The Hall–Kier alpha value is -0.740. The molecule has 2 heterocycles. The van der Waals surface area contributed by atoms with Gasteiger partial charge in [-0.05, 0) is 11.1 Å². The molecule has 0 saturated carbocycles.